The lowest BCUT2D eigenvalue weighted by Crippen LogP contribution is -2.05. The zero-order valence-corrected chi connectivity index (χ0v) is 8.88. The lowest BCUT2D eigenvalue weighted by molar-refractivity contribution is -0.137. The first kappa shape index (κ1) is 11.6. The van der Waals surface area contributed by atoms with Gasteiger partial charge in [-0.1, -0.05) is 0 Å². The Bertz CT molecular complexity index is 457. The topological polar surface area (TPSA) is 27.8 Å². The van der Waals surface area contributed by atoms with Crippen molar-refractivity contribution >= 4 is 5.69 Å². The molecule has 1 aromatic heterocycles. The molecule has 0 spiro atoms. The maximum atomic E-state index is 12.3. The van der Waals surface area contributed by atoms with Gasteiger partial charge in [-0.15, -0.1) is 0 Å². The van der Waals surface area contributed by atoms with Gasteiger partial charge in [0.05, 0.1) is 5.56 Å². The molecule has 0 saturated heterocycles. The molecule has 1 heterocycles. The van der Waals surface area contributed by atoms with Crippen LogP contribution in [0.5, 0.6) is 0 Å². The van der Waals surface area contributed by atoms with Gasteiger partial charge in [0.2, 0.25) is 0 Å². The Kier molecular flexibility index (Phi) is 3.08. The molecule has 0 unspecified atom stereocenters. The fraction of sp³-hybridized carbons (Fsp3) is 0.167. The number of aromatic amines is 1. The van der Waals surface area contributed by atoms with Crippen LogP contribution in [-0.2, 0) is 12.7 Å². The molecule has 5 heteroatoms. The van der Waals surface area contributed by atoms with Crippen molar-refractivity contribution in [3.8, 4) is 0 Å². The van der Waals surface area contributed by atoms with Crippen molar-refractivity contribution in [2.45, 2.75) is 12.7 Å². The fourth-order valence-electron chi connectivity index (χ4n) is 1.45. The fourth-order valence-corrected chi connectivity index (χ4v) is 1.45. The van der Waals surface area contributed by atoms with Crippen molar-refractivity contribution in [1.29, 1.82) is 0 Å². The van der Waals surface area contributed by atoms with E-state index in [2.05, 4.69) is 10.3 Å². The van der Waals surface area contributed by atoms with E-state index in [-0.39, 0.29) is 0 Å². The average Bonchev–Trinajstić information content (AvgIpc) is 2.78. The van der Waals surface area contributed by atoms with Crippen molar-refractivity contribution in [3.63, 3.8) is 0 Å². The van der Waals surface area contributed by atoms with Crippen LogP contribution in [0.15, 0.2) is 42.7 Å². The van der Waals surface area contributed by atoms with Crippen molar-refractivity contribution in [1.82, 2.24) is 4.98 Å². The highest BCUT2D eigenvalue weighted by atomic mass is 19.4. The standard InChI is InChI=1S/C12H11F3N2/c13-12(14,15)10-1-3-11(4-2-10)17-8-9-5-6-16-7-9/h1-7,16-17H,8H2. The number of hydrogen-bond donors (Lipinski definition) is 2. The number of nitrogens with one attached hydrogen (secondary N) is 2. The summed E-state index contributed by atoms with van der Waals surface area (Å²) in [6.45, 7) is 0.578. The molecule has 1 aromatic carbocycles. The van der Waals surface area contributed by atoms with Gasteiger partial charge < -0.3 is 10.3 Å². The van der Waals surface area contributed by atoms with E-state index in [9.17, 15) is 13.2 Å². The molecule has 90 valence electrons. The van der Waals surface area contributed by atoms with E-state index in [1.807, 2.05) is 12.3 Å². The number of hydrogen-bond acceptors (Lipinski definition) is 1. The first-order valence-corrected chi connectivity index (χ1v) is 5.08. The van der Waals surface area contributed by atoms with Crippen LogP contribution in [0, 0.1) is 0 Å². The summed E-state index contributed by atoms with van der Waals surface area (Å²) in [7, 11) is 0. The van der Waals surface area contributed by atoms with E-state index in [4.69, 9.17) is 0 Å². The molecule has 0 radical (unpaired) electrons. The van der Waals surface area contributed by atoms with Crippen LogP contribution >= 0.6 is 0 Å². The van der Waals surface area contributed by atoms with Gasteiger partial charge >= 0.3 is 6.18 Å². The van der Waals surface area contributed by atoms with Gasteiger partial charge in [-0.05, 0) is 35.9 Å². The highest BCUT2D eigenvalue weighted by molar-refractivity contribution is 5.45. The Balaban J connectivity index is 1.99. The number of rotatable bonds is 3. The van der Waals surface area contributed by atoms with E-state index in [1.54, 1.807) is 6.20 Å². The lowest BCUT2D eigenvalue weighted by Gasteiger charge is -2.08. The molecule has 0 atom stereocenters. The zero-order valence-electron chi connectivity index (χ0n) is 8.88. The lowest BCUT2D eigenvalue weighted by atomic mass is 10.2. The monoisotopic (exact) mass is 240 g/mol. The smallest absolute Gasteiger partial charge is 0.381 e. The summed E-state index contributed by atoms with van der Waals surface area (Å²) in [6, 6.07) is 6.89. The summed E-state index contributed by atoms with van der Waals surface area (Å²) in [4.78, 5) is 2.91. The molecular formula is C12H11F3N2. The van der Waals surface area contributed by atoms with E-state index < -0.39 is 11.7 Å². The average molecular weight is 240 g/mol. The molecule has 2 N–H and O–H groups in total. The predicted octanol–water partition coefficient (Wildman–Crippen LogP) is 3.65. The predicted molar refractivity (Wildman–Crippen MR) is 59.6 cm³/mol. The molecule has 2 rings (SSSR count). The molecule has 0 aliphatic carbocycles. The molecule has 0 amide bonds. The normalized spacial score (nSPS) is 11.5. The first-order chi connectivity index (χ1) is 8.05. The van der Waals surface area contributed by atoms with Crippen LogP contribution in [0.25, 0.3) is 0 Å². The van der Waals surface area contributed by atoms with Gasteiger partial charge in [-0.3, -0.25) is 0 Å². The molecule has 0 bridgehead atoms. The van der Waals surface area contributed by atoms with E-state index in [1.165, 1.54) is 12.1 Å². The van der Waals surface area contributed by atoms with E-state index in [0.717, 1.165) is 17.7 Å². The second-order valence-electron chi connectivity index (χ2n) is 3.65. The molecule has 2 nitrogen and oxygen atoms in total. The third-order valence-corrected chi connectivity index (χ3v) is 2.37. The van der Waals surface area contributed by atoms with Crippen LogP contribution in [0.1, 0.15) is 11.1 Å². The van der Waals surface area contributed by atoms with Gasteiger partial charge in [0.25, 0.3) is 0 Å². The molecule has 0 aliphatic heterocycles. The number of aromatic nitrogens is 1. The van der Waals surface area contributed by atoms with Crippen LogP contribution < -0.4 is 5.32 Å². The number of alkyl halides is 3. The highest BCUT2D eigenvalue weighted by Crippen LogP contribution is 2.29. The third-order valence-electron chi connectivity index (χ3n) is 2.37. The van der Waals surface area contributed by atoms with Gasteiger partial charge in [-0.25, -0.2) is 0 Å². The molecule has 0 aliphatic rings. The summed E-state index contributed by atoms with van der Waals surface area (Å²) in [5.74, 6) is 0. The van der Waals surface area contributed by atoms with Crippen LogP contribution in [0.4, 0.5) is 18.9 Å². The van der Waals surface area contributed by atoms with Gasteiger partial charge in [0.1, 0.15) is 0 Å². The third kappa shape index (κ3) is 3.03. The minimum atomic E-state index is -4.28. The van der Waals surface area contributed by atoms with E-state index in [0.29, 0.717) is 12.2 Å². The summed E-state index contributed by atoms with van der Waals surface area (Å²) < 4.78 is 36.9. The molecule has 0 saturated carbocycles. The van der Waals surface area contributed by atoms with Crippen molar-refractivity contribution in [2.24, 2.45) is 0 Å². The summed E-state index contributed by atoms with van der Waals surface area (Å²) in [6.07, 6.45) is -0.653. The summed E-state index contributed by atoms with van der Waals surface area (Å²) in [5.41, 5.74) is 1.08. The van der Waals surface area contributed by atoms with Crippen molar-refractivity contribution in [3.05, 3.63) is 53.9 Å². The Labute approximate surface area is 96.5 Å². The van der Waals surface area contributed by atoms with Gasteiger partial charge in [0, 0.05) is 24.6 Å². The summed E-state index contributed by atoms with van der Waals surface area (Å²) in [5, 5.41) is 3.04. The highest BCUT2D eigenvalue weighted by Gasteiger charge is 2.29. The minimum absolute atomic E-state index is 0.578. The molecule has 2 aromatic rings. The first-order valence-electron chi connectivity index (χ1n) is 5.08. The molecular weight excluding hydrogens is 229 g/mol. The SMILES string of the molecule is FC(F)(F)c1ccc(NCc2cc[nH]c2)cc1. The maximum absolute atomic E-state index is 12.3. The molecule has 17 heavy (non-hydrogen) atoms. The summed E-state index contributed by atoms with van der Waals surface area (Å²) >= 11 is 0. The Morgan fingerprint density at radius 2 is 1.76 bits per heavy atom. The second-order valence-corrected chi connectivity index (χ2v) is 3.65. The van der Waals surface area contributed by atoms with Crippen LogP contribution in [0.3, 0.4) is 0 Å². The van der Waals surface area contributed by atoms with Crippen molar-refractivity contribution < 1.29 is 13.2 Å². The quantitative estimate of drug-likeness (QED) is 0.842. The Hall–Kier alpha value is -1.91. The number of H-pyrrole nitrogens is 1. The van der Waals surface area contributed by atoms with Gasteiger partial charge in [-0.2, -0.15) is 13.2 Å². The maximum Gasteiger partial charge on any atom is 0.416 e. The zero-order chi connectivity index (χ0) is 12.3. The Morgan fingerprint density at radius 3 is 2.29 bits per heavy atom. The largest absolute Gasteiger partial charge is 0.416 e. The van der Waals surface area contributed by atoms with E-state index >= 15 is 0 Å². The Morgan fingerprint density at radius 1 is 1.06 bits per heavy atom. The van der Waals surface area contributed by atoms with Crippen LogP contribution in [-0.4, -0.2) is 4.98 Å². The minimum Gasteiger partial charge on any atom is -0.381 e. The van der Waals surface area contributed by atoms with Gasteiger partial charge in [0.15, 0.2) is 0 Å². The number of halogens is 3. The number of anilines is 1. The van der Waals surface area contributed by atoms with Crippen molar-refractivity contribution in [2.75, 3.05) is 5.32 Å². The number of benzene rings is 1. The van der Waals surface area contributed by atoms with Crippen LogP contribution in [0.2, 0.25) is 0 Å². The second kappa shape index (κ2) is 4.53. The molecule has 0 fully saturated rings.